The molecule has 3 nitrogen and oxygen atoms in total. The average molecular weight is 264 g/mol. The number of aromatic hydroxyl groups is 2. The van der Waals surface area contributed by atoms with Crippen molar-refractivity contribution in [3.8, 4) is 11.5 Å². The van der Waals surface area contributed by atoms with Crippen LogP contribution < -0.4 is 0 Å². The highest BCUT2D eigenvalue weighted by Gasteiger charge is 2.00. The molecule has 0 saturated carbocycles. The average Bonchev–Trinajstić information content (AvgIpc) is 2.34. The van der Waals surface area contributed by atoms with Crippen LogP contribution in [-0.2, 0) is 10.8 Å². The lowest BCUT2D eigenvalue weighted by atomic mass is 10.2. The molecule has 0 saturated heterocycles. The van der Waals surface area contributed by atoms with Gasteiger partial charge in [-0.25, -0.2) is 0 Å². The predicted molar refractivity (Wildman–Crippen MR) is 73.3 cm³/mol. The van der Waals surface area contributed by atoms with Crippen molar-refractivity contribution in [3.05, 3.63) is 54.1 Å². The van der Waals surface area contributed by atoms with Crippen molar-refractivity contribution in [2.24, 2.45) is 0 Å². The van der Waals surface area contributed by atoms with Crippen molar-refractivity contribution >= 4 is 10.8 Å². The zero-order valence-electron chi connectivity index (χ0n) is 10.3. The van der Waals surface area contributed by atoms with Gasteiger partial charge in [0.25, 0.3) is 0 Å². The van der Waals surface area contributed by atoms with Crippen molar-refractivity contribution in [2.75, 3.05) is 6.26 Å². The number of phenols is 2. The van der Waals surface area contributed by atoms with Gasteiger partial charge >= 0.3 is 0 Å². The summed E-state index contributed by atoms with van der Waals surface area (Å²) in [5, 5.41) is 18.0. The topological polar surface area (TPSA) is 57.5 Å². The minimum absolute atomic E-state index is 0.100. The molecule has 2 aromatic rings. The first-order valence-electron chi connectivity index (χ1n) is 5.38. The van der Waals surface area contributed by atoms with Crippen molar-refractivity contribution in [2.45, 2.75) is 11.8 Å². The maximum absolute atomic E-state index is 10.8. The second-order valence-electron chi connectivity index (χ2n) is 3.71. The normalized spacial score (nSPS) is 11.2. The highest BCUT2D eigenvalue weighted by atomic mass is 32.2. The molecule has 0 radical (unpaired) electrons. The molecule has 0 aliphatic rings. The van der Waals surface area contributed by atoms with Crippen LogP contribution in [0.4, 0.5) is 0 Å². The van der Waals surface area contributed by atoms with Gasteiger partial charge in [0.05, 0.1) is 15.7 Å². The molecule has 18 heavy (non-hydrogen) atoms. The van der Waals surface area contributed by atoms with E-state index in [2.05, 4.69) is 0 Å². The van der Waals surface area contributed by atoms with Crippen molar-refractivity contribution in [1.82, 2.24) is 0 Å². The number of hydrogen-bond donors (Lipinski definition) is 2. The summed E-state index contributed by atoms with van der Waals surface area (Å²) in [4.78, 5) is 0.488. The van der Waals surface area contributed by atoms with Crippen molar-refractivity contribution in [3.63, 3.8) is 0 Å². The third-order valence-corrected chi connectivity index (χ3v) is 3.26. The van der Waals surface area contributed by atoms with E-state index in [0.29, 0.717) is 10.6 Å². The largest absolute Gasteiger partial charge is 0.508 e. The van der Waals surface area contributed by atoms with Gasteiger partial charge in [0.15, 0.2) is 0 Å². The Bertz CT molecular complexity index is 517. The Hall–Kier alpha value is -1.81. The van der Waals surface area contributed by atoms with E-state index in [9.17, 15) is 4.21 Å². The van der Waals surface area contributed by atoms with Crippen LogP contribution in [0.2, 0.25) is 0 Å². The Morgan fingerprint density at radius 1 is 0.889 bits per heavy atom. The SMILES string of the molecule is CS(=O)c1ccccc1O.Cc1ccccc1O. The van der Waals surface area contributed by atoms with Gasteiger partial charge in [0.1, 0.15) is 11.5 Å². The van der Waals surface area contributed by atoms with E-state index in [1.165, 1.54) is 12.3 Å². The Morgan fingerprint density at radius 2 is 1.39 bits per heavy atom. The maximum atomic E-state index is 10.8. The Balaban J connectivity index is 0.000000184. The summed E-state index contributed by atoms with van der Waals surface area (Å²) < 4.78 is 10.8. The minimum Gasteiger partial charge on any atom is -0.508 e. The molecule has 4 heteroatoms. The van der Waals surface area contributed by atoms with Gasteiger partial charge in [-0.15, -0.1) is 0 Å². The summed E-state index contributed by atoms with van der Waals surface area (Å²) in [6.45, 7) is 1.87. The highest BCUT2D eigenvalue weighted by molar-refractivity contribution is 7.84. The molecule has 1 unspecified atom stereocenters. The Kier molecular flexibility index (Phi) is 5.39. The molecule has 0 fully saturated rings. The molecule has 0 amide bonds. The van der Waals surface area contributed by atoms with E-state index in [1.807, 2.05) is 25.1 Å². The first kappa shape index (κ1) is 14.3. The van der Waals surface area contributed by atoms with Gasteiger partial charge < -0.3 is 10.2 Å². The Morgan fingerprint density at radius 3 is 1.72 bits per heavy atom. The number of para-hydroxylation sites is 2. The van der Waals surface area contributed by atoms with Crippen LogP contribution >= 0.6 is 0 Å². The van der Waals surface area contributed by atoms with Gasteiger partial charge in [0, 0.05) is 6.26 Å². The van der Waals surface area contributed by atoms with Gasteiger partial charge in [0.2, 0.25) is 0 Å². The quantitative estimate of drug-likeness (QED) is 0.832. The van der Waals surface area contributed by atoms with Gasteiger partial charge in [-0.2, -0.15) is 0 Å². The molecule has 0 aliphatic heterocycles. The summed E-state index contributed by atoms with van der Waals surface area (Å²) in [7, 11) is -1.09. The molecule has 0 aromatic heterocycles. The van der Waals surface area contributed by atoms with E-state index in [-0.39, 0.29) is 5.75 Å². The molecule has 0 heterocycles. The van der Waals surface area contributed by atoms with Gasteiger partial charge in [-0.05, 0) is 30.7 Å². The highest BCUT2D eigenvalue weighted by Crippen LogP contribution is 2.18. The third-order valence-electron chi connectivity index (χ3n) is 2.29. The molecule has 2 rings (SSSR count). The van der Waals surface area contributed by atoms with E-state index in [1.54, 1.807) is 24.3 Å². The second-order valence-corrected chi connectivity index (χ2v) is 5.06. The van der Waals surface area contributed by atoms with Crippen LogP contribution in [0.15, 0.2) is 53.4 Å². The molecule has 0 spiro atoms. The molecular weight excluding hydrogens is 248 g/mol. The molecule has 0 bridgehead atoms. The van der Waals surface area contributed by atoms with E-state index in [4.69, 9.17) is 10.2 Å². The zero-order valence-corrected chi connectivity index (χ0v) is 11.1. The predicted octanol–water partition coefficient (Wildman–Crippen LogP) is 2.83. The fourth-order valence-corrected chi connectivity index (χ4v) is 1.90. The summed E-state index contributed by atoms with van der Waals surface area (Å²) in [5.74, 6) is 0.468. The summed E-state index contributed by atoms with van der Waals surface area (Å²) in [6, 6.07) is 13.9. The summed E-state index contributed by atoms with van der Waals surface area (Å²) in [5.41, 5.74) is 0.924. The Labute approximate surface area is 109 Å². The van der Waals surface area contributed by atoms with E-state index in [0.717, 1.165) is 5.56 Å². The van der Waals surface area contributed by atoms with Crippen molar-refractivity contribution in [1.29, 1.82) is 0 Å². The summed E-state index contributed by atoms with van der Waals surface area (Å²) >= 11 is 0. The van der Waals surface area contributed by atoms with E-state index >= 15 is 0 Å². The number of benzene rings is 2. The third kappa shape index (κ3) is 4.22. The number of phenolic OH excluding ortho intramolecular Hbond substituents is 2. The van der Waals surface area contributed by atoms with Gasteiger partial charge in [-0.1, -0.05) is 30.3 Å². The van der Waals surface area contributed by atoms with Crippen molar-refractivity contribution < 1.29 is 14.4 Å². The van der Waals surface area contributed by atoms with E-state index < -0.39 is 10.8 Å². The molecule has 96 valence electrons. The molecule has 0 aliphatic carbocycles. The smallest absolute Gasteiger partial charge is 0.131 e. The fourth-order valence-electron chi connectivity index (χ4n) is 1.26. The standard InChI is InChI=1S/C7H8O2S.C7H8O/c1-10(9)7-5-3-2-4-6(7)8;1-6-4-2-3-5-7(6)8/h2-5,8H,1H3;2-5,8H,1H3. The van der Waals surface area contributed by atoms with Crippen LogP contribution in [0, 0.1) is 6.92 Å². The monoisotopic (exact) mass is 264 g/mol. The van der Waals surface area contributed by atoms with Crippen LogP contribution in [0.1, 0.15) is 5.56 Å². The van der Waals surface area contributed by atoms with Crippen LogP contribution in [0.5, 0.6) is 11.5 Å². The lowest BCUT2D eigenvalue weighted by Crippen LogP contribution is -1.86. The lowest BCUT2D eigenvalue weighted by molar-refractivity contribution is 0.461. The molecular formula is C14H16O3S. The molecule has 2 aromatic carbocycles. The number of aryl methyl sites for hydroxylation is 1. The lowest BCUT2D eigenvalue weighted by Gasteiger charge is -1.97. The molecule has 1 atom stereocenters. The van der Waals surface area contributed by atoms with Gasteiger partial charge in [-0.3, -0.25) is 4.21 Å². The summed E-state index contributed by atoms with van der Waals surface area (Å²) in [6.07, 6.45) is 1.54. The maximum Gasteiger partial charge on any atom is 0.131 e. The first-order chi connectivity index (χ1) is 8.52. The van der Waals surface area contributed by atoms with Crippen LogP contribution in [0.25, 0.3) is 0 Å². The second kappa shape index (κ2) is 6.81. The van der Waals surface area contributed by atoms with Crippen LogP contribution in [-0.4, -0.2) is 20.7 Å². The number of rotatable bonds is 1. The first-order valence-corrected chi connectivity index (χ1v) is 6.94. The fraction of sp³-hybridized carbons (Fsp3) is 0.143. The minimum atomic E-state index is -1.09. The van der Waals surface area contributed by atoms with Crippen LogP contribution in [0.3, 0.4) is 0 Å². The molecule has 2 N–H and O–H groups in total. The number of hydrogen-bond acceptors (Lipinski definition) is 3. The zero-order chi connectivity index (χ0) is 13.5.